The van der Waals surface area contributed by atoms with Gasteiger partial charge in [-0.1, -0.05) is 40.2 Å². The van der Waals surface area contributed by atoms with Gasteiger partial charge in [-0.2, -0.15) is 13.2 Å². The number of nitrogens with one attached hydrogen (secondary N) is 1. The maximum atomic E-state index is 13.3. The van der Waals surface area contributed by atoms with Gasteiger partial charge in [-0.05, 0) is 61.2 Å². The number of halogens is 4. The van der Waals surface area contributed by atoms with Crippen molar-refractivity contribution in [1.29, 1.82) is 0 Å². The zero-order valence-electron chi connectivity index (χ0n) is 18.6. The summed E-state index contributed by atoms with van der Waals surface area (Å²) < 4.78 is 69.0. The van der Waals surface area contributed by atoms with E-state index in [9.17, 15) is 26.7 Å². The molecule has 1 aliphatic carbocycles. The molecule has 0 amide bonds. The first-order valence-corrected chi connectivity index (χ1v) is 13.3. The van der Waals surface area contributed by atoms with Crippen LogP contribution in [0.5, 0.6) is 0 Å². The van der Waals surface area contributed by atoms with Crippen molar-refractivity contribution < 1.29 is 26.7 Å². The second-order valence-electron chi connectivity index (χ2n) is 8.75. The van der Waals surface area contributed by atoms with Crippen LogP contribution in [0.3, 0.4) is 0 Å². The number of nitrogens with zero attached hydrogens (tertiary/aromatic N) is 1. The van der Waals surface area contributed by atoms with Crippen molar-refractivity contribution in [1.82, 2.24) is 4.90 Å². The third-order valence-electron chi connectivity index (χ3n) is 6.37. The molecule has 0 aromatic heterocycles. The number of piperidine rings is 1. The van der Waals surface area contributed by atoms with Gasteiger partial charge < -0.3 is 15.7 Å². The molecule has 11 heteroatoms. The second-order valence-corrected chi connectivity index (χ2v) is 11.5. The molecule has 35 heavy (non-hydrogen) atoms. The molecule has 4 rings (SSSR count). The number of hydrogen-bond donors (Lipinski definition) is 3. The molecule has 1 atom stereocenters. The number of sulfonamides is 1. The normalized spacial score (nSPS) is 20.7. The SMILES string of the molecule is NC1=CCC(S(=O)(=O)Nc2cccc(C(F)(F)F)c2)C(N2CCC(O)(c3ccc(Br)cc3)CC2)=C1. The molecule has 0 bridgehead atoms. The molecule has 0 radical (unpaired) electrons. The van der Waals surface area contributed by atoms with Gasteiger partial charge in [0.2, 0.25) is 10.0 Å². The van der Waals surface area contributed by atoms with E-state index in [0.29, 0.717) is 37.3 Å². The van der Waals surface area contributed by atoms with E-state index in [1.165, 1.54) is 6.07 Å². The summed E-state index contributed by atoms with van der Waals surface area (Å²) in [6, 6.07) is 11.5. The first-order valence-electron chi connectivity index (χ1n) is 11.0. The smallest absolute Gasteiger partial charge is 0.399 e. The van der Waals surface area contributed by atoms with Crippen LogP contribution in [0.25, 0.3) is 0 Å². The maximum Gasteiger partial charge on any atom is 0.416 e. The van der Waals surface area contributed by atoms with Crippen molar-refractivity contribution in [3.8, 4) is 0 Å². The summed E-state index contributed by atoms with van der Waals surface area (Å²) >= 11 is 3.38. The highest BCUT2D eigenvalue weighted by Crippen LogP contribution is 2.37. The largest absolute Gasteiger partial charge is 0.416 e. The number of anilines is 1. The molecule has 2 aromatic carbocycles. The molecule has 6 nitrogen and oxygen atoms in total. The van der Waals surface area contributed by atoms with Gasteiger partial charge in [-0.25, -0.2) is 8.42 Å². The molecule has 2 aliphatic rings. The topological polar surface area (TPSA) is 95.7 Å². The lowest BCUT2D eigenvalue weighted by Gasteiger charge is -2.42. The lowest BCUT2D eigenvalue weighted by atomic mass is 9.84. The Hall–Kier alpha value is -2.50. The molecule has 188 valence electrons. The average molecular weight is 572 g/mol. The van der Waals surface area contributed by atoms with E-state index in [-0.39, 0.29) is 12.1 Å². The Morgan fingerprint density at radius 1 is 1.11 bits per heavy atom. The fourth-order valence-corrected chi connectivity index (χ4v) is 6.19. The Balaban J connectivity index is 1.53. The second kappa shape index (κ2) is 9.51. The monoisotopic (exact) mass is 571 g/mol. The standard InChI is InChI=1S/C24H25BrF3N3O3S/c25-18-6-4-16(5-7-18)23(32)10-12-31(13-11-23)21-15-19(29)8-9-22(21)35(33,34)30-20-3-1-2-17(14-20)24(26,27)28/h1-8,14-15,22,30,32H,9-13,29H2. The number of hydrogen-bond acceptors (Lipinski definition) is 5. The van der Waals surface area contributed by atoms with Gasteiger partial charge in [0.05, 0.1) is 11.2 Å². The molecule has 1 heterocycles. The van der Waals surface area contributed by atoms with Crippen molar-refractivity contribution in [2.45, 2.75) is 36.3 Å². The number of aliphatic hydroxyl groups is 1. The zero-order valence-corrected chi connectivity index (χ0v) is 21.0. The third kappa shape index (κ3) is 5.68. The van der Waals surface area contributed by atoms with Crippen LogP contribution in [-0.4, -0.2) is 36.8 Å². The fourth-order valence-electron chi connectivity index (χ4n) is 4.45. The van der Waals surface area contributed by atoms with E-state index in [1.54, 1.807) is 12.2 Å². The quantitative estimate of drug-likeness (QED) is 0.484. The van der Waals surface area contributed by atoms with Gasteiger partial charge in [0.15, 0.2) is 0 Å². The molecular weight excluding hydrogens is 547 g/mol. The summed E-state index contributed by atoms with van der Waals surface area (Å²) in [5, 5.41) is 10.2. The molecule has 1 fully saturated rings. The maximum absolute atomic E-state index is 13.3. The van der Waals surface area contributed by atoms with Crippen LogP contribution in [0.1, 0.15) is 30.4 Å². The number of likely N-dealkylation sites (tertiary alicyclic amines) is 1. The van der Waals surface area contributed by atoms with Crippen LogP contribution in [0.15, 0.2) is 76.5 Å². The highest BCUT2D eigenvalue weighted by Gasteiger charge is 2.39. The van der Waals surface area contributed by atoms with Crippen LogP contribution < -0.4 is 10.5 Å². The molecule has 0 spiro atoms. The van der Waals surface area contributed by atoms with Crippen LogP contribution >= 0.6 is 15.9 Å². The van der Waals surface area contributed by atoms with Gasteiger partial charge >= 0.3 is 6.18 Å². The first kappa shape index (κ1) is 25.6. The van der Waals surface area contributed by atoms with Crippen LogP contribution in [0, 0.1) is 0 Å². The summed E-state index contributed by atoms with van der Waals surface area (Å²) in [5.41, 5.74) is 5.50. The number of rotatable bonds is 5. The Bertz CT molecular complexity index is 1250. The summed E-state index contributed by atoms with van der Waals surface area (Å²) in [6.45, 7) is 0.780. The van der Waals surface area contributed by atoms with Crippen molar-refractivity contribution in [3.05, 3.63) is 87.7 Å². The van der Waals surface area contributed by atoms with E-state index in [2.05, 4.69) is 20.7 Å². The Labute approximate surface area is 210 Å². The number of nitrogens with two attached hydrogens (primary N) is 1. The average Bonchev–Trinajstić information content (AvgIpc) is 2.79. The third-order valence-corrected chi connectivity index (χ3v) is 8.61. The Kier molecular flexibility index (Phi) is 6.96. The number of allylic oxidation sites excluding steroid dienone is 2. The van der Waals surface area contributed by atoms with E-state index in [1.807, 2.05) is 29.2 Å². The minimum Gasteiger partial charge on any atom is -0.399 e. The van der Waals surface area contributed by atoms with Crippen LogP contribution in [0.4, 0.5) is 18.9 Å². The number of alkyl halides is 3. The minimum absolute atomic E-state index is 0.0828. The van der Waals surface area contributed by atoms with E-state index in [4.69, 9.17) is 5.73 Å². The van der Waals surface area contributed by atoms with Crippen LogP contribution in [-0.2, 0) is 21.8 Å². The molecule has 2 aromatic rings. The van der Waals surface area contributed by atoms with Crippen molar-refractivity contribution >= 4 is 31.6 Å². The van der Waals surface area contributed by atoms with E-state index in [0.717, 1.165) is 28.2 Å². The van der Waals surface area contributed by atoms with Gasteiger partial charge in [0.1, 0.15) is 5.25 Å². The van der Waals surface area contributed by atoms with E-state index < -0.39 is 32.6 Å². The fraction of sp³-hybridized carbons (Fsp3) is 0.333. The van der Waals surface area contributed by atoms with Crippen molar-refractivity contribution in [3.63, 3.8) is 0 Å². The van der Waals surface area contributed by atoms with Gasteiger partial charge in [-0.3, -0.25) is 4.72 Å². The lowest BCUT2D eigenvalue weighted by Crippen LogP contribution is -2.46. The molecule has 1 unspecified atom stereocenters. The summed E-state index contributed by atoms with van der Waals surface area (Å²) in [6.07, 6.45) is -0.578. The van der Waals surface area contributed by atoms with E-state index >= 15 is 0 Å². The predicted molar refractivity (Wildman–Crippen MR) is 132 cm³/mol. The summed E-state index contributed by atoms with van der Waals surface area (Å²) in [7, 11) is -4.10. The molecule has 0 saturated carbocycles. The Morgan fingerprint density at radius 2 is 1.77 bits per heavy atom. The summed E-state index contributed by atoms with van der Waals surface area (Å²) in [5.74, 6) is 0. The highest BCUT2D eigenvalue weighted by atomic mass is 79.9. The van der Waals surface area contributed by atoms with Crippen LogP contribution in [0.2, 0.25) is 0 Å². The lowest BCUT2D eigenvalue weighted by molar-refractivity contribution is -0.137. The van der Waals surface area contributed by atoms with Crippen molar-refractivity contribution in [2.24, 2.45) is 5.73 Å². The van der Waals surface area contributed by atoms with Gasteiger partial charge in [0.25, 0.3) is 0 Å². The van der Waals surface area contributed by atoms with Crippen molar-refractivity contribution in [2.75, 3.05) is 17.8 Å². The van der Waals surface area contributed by atoms with Gasteiger partial charge in [-0.15, -0.1) is 0 Å². The first-order chi connectivity index (χ1) is 16.4. The minimum atomic E-state index is -4.59. The Morgan fingerprint density at radius 3 is 2.40 bits per heavy atom. The van der Waals surface area contributed by atoms with Gasteiger partial charge in [0, 0.05) is 34.6 Å². The molecule has 4 N–H and O–H groups in total. The highest BCUT2D eigenvalue weighted by molar-refractivity contribution is 9.10. The predicted octanol–water partition coefficient (Wildman–Crippen LogP) is 4.69. The number of benzene rings is 2. The summed E-state index contributed by atoms with van der Waals surface area (Å²) in [4.78, 5) is 1.88. The molecular formula is C24H25BrF3N3O3S. The molecule has 1 saturated heterocycles. The molecule has 1 aliphatic heterocycles. The zero-order chi connectivity index (χ0) is 25.4.